The molecule has 2 aromatic heterocycles. The third kappa shape index (κ3) is 4.26. The maximum absolute atomic E-state index is 15.0. The third-order valence-corrected chi connectivity index (χ3v) is 5.92. The molecule has 162 valence electrons. The number of nitrogens with zero attached hydrogens (tertiary/aromatic N) is 4. The van der Waals surface area contributed by atoms with Crippen molar-refractivity contribution in [1.29, 1.82) is 10.5 Å². The molecule has 0 unspecified atom stereocenters. The molecule has 2 heterocycles. The Morgan fingerprint density at radius 3 is 2.18 bits per heavy atom. The van der Waals surface area contributed by atoms with Crippen molar-refractivity contribution in [3.63, 3.8) is 0 Å². The lowest BCUT2D eigenvalue weighted by atomic mass is 10.0. The Morgan fingerprint density at radius 1 is 0.824 bits per heavy atom. The van der Waals surface area contributed by atoms with Gasteiger partial charge in [0.05, 0.1) is 28.8 Å². The van der Waals surface area contributed by atoms with E-state index < -0.39 is 5.82 Å². The summed E-state index contributed by atoms with van der Waals surface area (Å²) in [5.74, 6) is 0.0308. The van der Waals surface area contributed by atoms with Crippen LogP contribution in [0.2, 0.25) is 0 Å². The van der Waals surface area contributed by atoms with Gasteiger partial charge in [-0.25, -0.2) is 9.37 Å². The van der Waals surface area contributed by atoms with Gasteiger partial charge in [0, 0.05) is 5.69 Å². The molecular weight excluding hydrogens is 449 g/mol. The van der Waals surface area contributed by atoms with Crippen molar-refractivity contribution >= 4 is 33.2 Å². The summed E-state index contributed by atoms with van der Waals surface area (Å²) in [4.78, 5) is 8.94. The molecule has 8 heteroatoms. The van der Waals surface area contributed by atoms with Gasteiger partial charge in [-0.15, -0.1) is 11.3 Å². The van der Waals surface area contributed by atoms with E-state index >= 15 is 0 Å². The summed E-state index contributed by atoms with van der Waals surface area (Å²) >= 11 is 1.40. The van der Waals surface area contributed by atoms with Crippen molar-refractivity contribution in [2.75, 3.05) is 5.32 Å². The second-order valence-corrected chi connectivity index (χ2v) is 8.15. The highest BCUT2D eigenvalue weighted by molar-refractivity contribution is 7.17. The van der Waals surface area contributed by atoms with Crippen LogP contribution in [0.15, 0.2) is 78.2 Å². The van der Waals surface area contributed by atoms with E-state index in [1.165, 1.54) is 17.4 Å². The van der Waals surface area contributed by atoms with E-state index in [1.54, 1.807) is 60.7 Å². The van der Waals surface area contributed by atoms with Gasteiger partial charge in [0.25, 0.3) is 0 Å². The number of halogens is 1. The predicted molar refractivity (Wildman–Crippen MR) is 128 cm³/mol. The van der Waals surface area contributed by atoms with E-state index in [-0.39, 0.29) is 11.6 Å². The lowest BCUT2D eigenvalue weighted by molar-refractivity contribution is 0.433. The number of nitrogens with one attached hydrogen (secondary N) is 1. The minimum atomic E-state index is -0.535. The molecule has 34 heavy (non-hydrogen) atoms. The van der Waals surface area contributed by atoms with Crippen LogP contribution in [0, 0.1) is 28.5 Å². The number of hydrogen-bond acceptors (Lipinski definition) is 7. The Morgan fingerprint density at radius 2 is 1.50 bits per heavy atom. The number of nitriles is 2. The van der Waals surface area contributed by atoms with Crippen LogP contribution in [0.1, 0.15) is 11.1 Å². The molecule has 0 aliphatic heterocycles. The van der Waals surface area contributed by atoms with Crippen LogP contribution in [0.4, 0.5) is 16.0 Å². The first-order valence-corrected chi connectivity index (χ1v) is 11.0. The van der Waals surface area contributed by atoms with E-state index in [0.29, 0.717) is 38.5 Å². The minimum absolute atomic E-state index is 0.0371. The average Bonchev–Trinajstić information content (AvgIpc) is 3.35. The van der Waals surface area contributed by atoms with Crippen molar-refractivity contribution in [2.45, 2.75) is 0 Å². The van der Waals surface area contributed by atoms with Gasteiger partial charge >= 0.3 is 0 Å². The fraction of sp³-hybridized carbons (Fsp3) is 0. The maximum Gasteiger partial charge on any atom is 0.242 e. The molecule has 0 saturated carbocycles. The Labute approximate surface area is 198 Å². The third-order valence-electron chi connectivity index (χ3n) is 5.03. The molecule has 0 amide bonds. The van der Waals surface area contributed by atoms with Gasteiger partial charge in [0.1, 0.15) is 4.70 Å². The van der Waals surface area contributed by atoms with Gasteiger partial charge in [-0.1, -0.05) is 18.2 Å². The molecule has 0 atom stereocenters. The van der Waals surface area contributed by atoms with E-state index in [9.17, 15) is 4.39 Å². The number of aromatic nitrogens is 2. The standard InChI is InChI=1S/C26H14FN5OS/c27-21-13-19(18-5-1-16(14-28)2-6-18)7-10-23(21)33-25-24-22(11-12-34-24)31-26(32-25)30-20-8-3-17(15-29)4-9-20/h1-13H,(H,30,31,32). The predicted octanol–water partition coefficient (Wildman–Crippen LogP) is 6.78. The molecule has 0 aliphatic rings. The number of anilines is 2. The Hall–Kier alpha value is -4.79. The quantitative estimate of drug-likeness (QED) is 0.309. The lowest BCUT2D eigenvalue weighted by Crippen LogP contribution is -2.00. The number of rotatable bonds is 5. The number of hydrogen-bond donors (Lipinski definition) is 1. The molecule has 0 fully saturated rings. The van der Waals surface area contributed by atoms with Gasteiger partial charge < -0.3 is 10.1 Å². The molecular formula is C26H14FN5OS. The summed E-state index contributed by atoms with van der Waals surface area (Å²) in [5, 5.41) is 22.9. The van der Waals surface area contributed by atoms with Gasteiger partial charge in [-0.2, -0.15) is 15.5 Å². The Balaban J connectivity index is 1.44. The molecule has 3 aromatic carbocycles. The van der Waals surface area contributed by atoms with Gasteiger partial charge in [-0.3, -0.25) is 0 Å². The Bertz CT molecular complexity index is 1580. The minimum Gasteiger partial charge on any atom is -0.434 e. The molecule has 1 N–H and O–H groups in total. The Kier molecular flexibility index (Phi) is 5.57. The fourth-order valence-corrected chi connectivity index (χ4v) is 4.08. The van der Waals surface area contributed by atoms with E-state index in [2.05, 4.69) is 27.4 Å². The molecule has 0 aliphatic carbocycles. The van der Waals surface area contributed by atoms with Gasteiger partial charge in [-0.05, 0) is 71.1 Å². The highest BCUT2D eigenvalue weighted by Gasteiger charge is 2.15. The van der Waals surface area contributed by atoms with Crippen LogP contribution < -0.4 is 10.1 Å². The molecule has 0 saturated heterocycles. The number of benzene rings is 3. The smallest absolute Gasteiger partial charge is 0.242 e. The van der Waals surface area contributed by atoms with Crippen molar-refractivity contribution < 1.29 is 9.13 Å². The van der Waals surface area contributed by atoms with E-state index in [4.69, 9.17) is 15.3 Å². The molecule has 0 bridgehead atoms. The zero-order chi connectivity index (χ0) is 23.5. The molecule has 0 spiro atoms. The average molecular weight is 463 g/mol. The van der Waals surface area contributed by atoms with Crippen molar-refractivity contribution in [1.82, 2.24) is 9.97 Å². The highest BCUT2D eigenvalue weighted by Crippen LogP contribution is 2.35. The molecule has 0 radical (unpaired) electrons. The van der Waals surface area contributed by atoms with Crippen LogP contribution in [-0.4, -0.2) is 9.97 Å². The lowest BCUT2D eigenvalue weighted by Gasteiger charge is -2.11. The second kappa shape index (κ2) is 8.99. The molecule has 5 rings (SSSR count). The summed E-state index contributed by atoms with van der Waals surface area (Å²) in [6.45, 7) is 0. The first kappa shape index (κ1) is 21.1. The zero-order valence-corrected chi connectivity index (χ0v) is 18.3. The van der Waals surface area contributed by atoms with Gasteiger partial charge in [0.2, 0.25) is 11.8 Å². The first-order chi connectivity index (χ1) is 16.6. The van der Waals surface area contributed by atoms with Crippen molar-refractivity contribution in [3.8, 4) is 34.9 Å². The van der Waals surface area contributed by atoms with Gasteiger partial charge in [0.15, 0.2) is 11.6 Å². The monoisotopic (exact) mass is 463 g/mol. The second-order valence-electron chi connectivity index (χ2n) is 7.24. The highest BCUT2D eigenvalue weighted by atomic mass is 32.1. The zero-order valence-electron chi connectivity index (χ0n) is 17.5. The molecule has 6 nitrogen and oxygen atoms in total. The first-order valence-electron chi connectivity index (χ1n) is 10.1. The summed E-state index contributed by atoms with van der Waals surface area (Å²) in [7, 11) is 0. The van der Waals surface area contributed by atoms with Crippen molar-refractivity contribution in [3.05, 3.63) is 95.1 Å². The fourth-order valence-electron chi connectivity index (χ4n) is 3.32. The summed E-state index contributed by atoms with van der Waals surface area (Å²) < 4.78 is 21.5. The maximum atomic E-state index is 15.0. The van der Waals surface area contributed by atoms with E-state index in [1.807, 2.05) is 11.4 Å². The normalized spacial score (nSPS) is 10.4. The van der Waals surface area contributed by atoms with E-state index in [0.717, 1.165) is 5.56 Å². The largest absolute Gasteiger partial charge is 0.434 e. The van der Waals surface area contributed by atoms with Crippen LogP contribution in [-0.2, 0) is 0 Å². The van der Waals surface area contributed by atoms with Crippen LogP contribution in [0.5, 0.6) is 11.6 Å². The van der Waals surface area contributed by atoms with Crippen LogP contribution in [0.25, 0.3) is 21.3 Å². The van der Waals surface area contributed by atoms with Crippen LogP contribution >= 0.6 is 11.3 Å². The van der Waals surface area contributed by atoms with Crippen molar-refractivity contribution in [2.24, 2.45) is 0 Å². The summed E-state index contributed by atoms with van der Waals surface area (Å²) in [6.07, 6.45) is 0. The topological polar surface area (TPSA) is 94.6 Å². The SMILES string of the molecule is N#Cc1ccc(Nc2nc(Oc3ccc(-c4ccc(C#N)cc4)cc3F)c3sccc3n2)cc1. The molecule has 5 aromatic rings. The number of thiophene rings is 1. The summed E-state index contributed by atoms with van der Waals surface area (Å²) in [6, 6.07) is 24.5. The number of fused-ring (bicyclic) bond motifs is 1. The summed E-state index contributed by atoms with van der Waals surface area (Å²) in [5.41, 5.74) is 3.92. The van der Waals surface area contributed by atoms with Crippen LogP contribution in [0.3, 0.4) is 0 Å². The number of ether oxygens (including phenoxy) is 1.